The third-order valence-electron chi connectivity index (χ3n) is 0.607. The van der Waals surface area contributed by atoms with Crippen molar-refractivity contribution in [2.24, 2.45) is 0 Å². The van der Waals surface area contributed by atoms with Crippen molar-refractivity contribution >= 4 is 18.3 Å². The highest BCUT2D eigenvalue weighted by atomic mass is 32.2. The van der Waals surface area contributed by atoms with Gasteiger partial charge in [-0.05, 0) is 26.3 Å². The molecule has 0 bridgehead atoms. The fourth-order valence-corrected chi connectivity index (χ4v) is 0.959. The van der Waals surface area contributed by atoms with E-state index in [1.807, 2.05) is 25.7 Å². The van der Waals surface area contributed by atoms with Gasteiger partial charge in [-0.15, -0.1) is 0 Å². The van der Waals surface area contributed by atoms with E-state index in [4.69, 9.17) is 0 Å². The van der Waals surface area contributed by atoms with Crippen LogP contribution in [0.15, 0.2) is 0 Å². The van der Waals surface area contributed by atoms with Crippen molar-refractivity contribution in [3.05, 3.63) is 0 Å². The summed E-state index contributed by atoms with van der Waals surface area (Å²) in [6.45, 7) is 4.32. The smallest absolute Gasteiger partial charge is 0.287 e. The first-order chi connectivity index (χ1) is 3.77. The van der Waals surface area contributed by atoms with E-state index in [1.165, 1.54) is 12.2 Å². The Bertz CT molecular complexity index is 49.7. The summed E-state index contributed by atoms with van der Waals surface area (Å²) in [5.41, 5.74) is 0. The molecule has 0 saturated heterocycles. The van der Waals surface area contributed by atoms with E-state index < -0.39 is 0 Å². The Morgan fingerprint density at radius 3 is 2.50 bits per heavy atom. The Kier molecular flexibility index (Phi) is 5.77. The average molecular weight is 130 g/mol. The highest BCUT2D eigenvalue weighted by molar-refractivity contribution is 8.22. The minimum atomic E-state index is 1.23. The zero-order valence-corrected chi connectivity index (χ0v) is 6.66. The van der Waals surface area contributed by atoms with Gasteiger partial charge in [0.25, 0.3) is 6.69 Å². The quantitative estimate of drug-likeness (QED) is 0.415. The summed E-state index contributed by atoms with van der Waals surface area (Å²) >= 11 is 1.86. The van der Waals surface area contributed by atoms with E-state index in [2.05, 4.69) is 18.4 Å². The zero-order chi connectivity index (χ0) is 6.41. The lowest BCUT2D eigenvalue weighted by Crippen LogP contribution is -2.14. The van der Waals surface area contributed by atoms with Gasteiger partial charge in [0, 0.05) is 0 Å². The highest BCUT2D eigenvalue weighted by Gasteiger charge is 1.90. The normalized spacial score (nSPS) is 10.0. The summed E-state index contributed by atoms with van der Waals surface area (Å²) < 4.78 is 0. The third kappa shape index (κ3) is 6.37. The van der Waals surface area contributed by atoms with E-state index in [0.29, 0.717) is 0 Å². The second kappa shape index (κ2) is 5.51. The predicted molar refractivity (Wildman–Crippen MR) is 42.2 cm³/mol. The molecule has 0 aromatic heterocycles. The van der Waals surface area contributed by atoms with Crippen molar-refractivity contribution in [2.75, 3.05) is 19.8 Å². The van der Waals surface area contributed by atoms with Crippen molar-refractivity contribution in [1.29, 1.82) is 0 Å². The molecule has 0 fully saturated rings. The second-order valence-electron chi connectivity index (χ2n) is 1.94. The topological polar surface area (TPSA) is 3.24 Å². The van der Waals surface area contributed by atoms with Gasteiger partial charge in [-0.25, -0.2) is 0 Å². The van der Waals surface area contributed by atoms with Crippen LogP contribution in [0.4, 0.5) is 0 Å². The average Bonchev–Trinajstić information content (AvgIpc) is 1.66. The van der Waals surface area contributed by atoms with Crippen LogP contribution in [0.5, 0.6) is 0 Å². The van der Waals surface area contributed by atoms with Gasteiger partial charge >= 0.3 is 0 Å². The summed E-state index contributed by atoms with van der Waals surface area (Å²) in [5, 5.41) is 0. The molecule has 0 aliphatic heterocycles. The van der Waals surface area contributed by atoms with Crippen LogP contribution in [0.2, 0.25) is 0 Å². The summed E-state index contributed by atoms with van der Waals surface area (Å²) in [4.78, 5) is 2.07. The lowest BCUT2D eigenvalue weighted by molar-refractivity contribution is 0.674. The molecule has 0 saturated carbocycles. The standard InChI is InChI=1S/C5H13BNS/c1-4-5-8-6-7(2)3/h4-5H2,1-3H3. The van der Waals surface area contributed by atoms with E-state index in [1.54, 1.807) is 0 Å². The molecular weight excluding hydrogens is 117 g/mol. The molecule has 1 radical (unpaired) electrons. The maximum absolute atomic E-state index is 2.19. The fraction of sp³-hybridized carbons (Fsp3) is 1.00. The van der Waals surface area contributed by atoms with Crippen molar-refractivity contribution in [2.45, 2.75) is 13.3 Å². The molecule has 0 aliphatic rings. The van der Waals surface area contributed by atoms with Crippen LogP contribution in [0.3, 0.4) is 0 Å². The molecule has 0 aliphatic carbocycles. The number of hydrogen-bond donors (Lipinski definition) is 0. The van der Waals surface area contributed by atoms with Gasteiger partial charge < -0.3 is 4.81 Å². The monoisotopic (exact) mass is 130 g/mol. The molecular formula is C5H13BNS. The Morgan fingerprint density at radius 1 is 1.50 bits per heavy atom. The van der Waals surface area contributed by atoms with Crippen molar-refractivity contribution in [1.82, 2.24) is 4.81 Å². The predicted octanol–water partition coefficient (Wildman–Crippen LogP) is 1.23. The second-order valence-corrected chi connectivity index (χ2v) is 2.89. The van der Waals surface area contributed by atoms with Gasteiger partial charge in [0.15, 0.2) is 0 Å². The lowest BCUT2D eigenvalue weighted by atomic mass is 10.4. The van der Waals surface area contributed by atoms with Crippen LogP contribution >= 0.6 is 11.6 Å². The Hall–Kier alpha value is 0.375. The van der Waals surface area contributed by atoms with E-state index in [-0.39, 0.29) is 0 Å². The molecule has 0 heterocycles. The SMILES string of the molecule is CCCS[B]N(C)C. The number of rotatable bonds is 4. The van der Waals surface area contributed by atoms with Crippen LogP contribution in [-0.2, 0) is 0 Å². The minimum absolute atomic E-state index is 1.23. The lowest BCUT2D eigenvalue weighted by Gasteiger charge is -2.04. The summed E-state index contributed by atoms with van der Waals surface area (Å²) in [6, 6.07) is 0. The van der Waals surface area contributed by atoms with Crippen LogP contribution in [0.1, 0.15) is 13.3 Å². The maximum Gasteiger partial charge on any atom is 0.287 e. The molecule has 0 spiro atoms. The van der Waals surface area contributed by atoms with Crippen molar-refractivity contribution in [3.63, 3.8) is 0 Å². The Labute approximate surface area is 57.0 Å². The number of hydrogen-bond acceptors (Lipinski definition) is 2. The van der Waals surface area contributed by atoms with E-state index in [0.717, 1.165) is 0 Å². The molecule has 0 aromatic carbocycles. The highest BCUT2D eigenvalue weighted by Crippen LogP contribution is 1.98. The summed E-state index contributed by atoms with van der Waals surface area (Å²) in [7, 11) is 4.09. The first-order valence-electron chi connectivity index (χ1n) is 2.88. The van der Waals surface area contributed by atoms with Gasteiger partial charge in [-0.1, -0.05) is 6.92 Å². The van der Waals surface area contributed by atoms with Crippen LogP contribution < -0.4 is 0 Å². The van der Waals surface area contributed by atoms with Crippen LogP contribution in [0, 0.1) is 0 Å². The molecule has 0 atom stereocenters. The molecule has 0 rings (SSSR count). The van der Waals surface area contributed by atoms with Gasteiger partial charge in [-0.2, -0.15) is 11.6 Å². The molecule has 8 heavy (non-hydrogen) atoms. The largest absolute Gasteiger partial charge is 0.342 e. The van der Waals surface area contributed by atoms with Gasteiger partial charge in [0.1, 0.15) is 0 Å². The molecule has 3 heteroatoms. The first kappa shape index (κ1) is 8.37. The number of nitrogens with zero attached hydrogens (tertiary/aromatic N) is 1. The van der Waals surface area contributed by atoms with Crippen LogP contribution in [0.25, 0.3) is 0 Å². The van der Waals surface area contributed by atoms with E-state index >= 15 is 0 Å². The van der Waals surface area contributed by atoms with Crippen LogP contribution in [-0.4, -0.2) is 31.4 Å². The molecule has 0 aromatic rings. The molecule has 1 nitrogen and oxygen atoms in total. The molecule has 0 unspecified atom stereocenters. The Morgan fingerprint density at radius 2 is 2.12 bits per heavy atom. The van der Waals surface area contributed by atoms with Crippen molar-refractivity contribution in [3.8, 4) is 0 Å². The summed E-state index contributed by atoms with van der Waals surface area (Å²) in [5.74, 6) is 1.23. The van der Waals surface area contributed by atoms with Gasteiger partial charge in [0.2, 0.25) is 0 Å². The maximum atomic E-state index is 2.19. The van der Waals surface area contributed by atoms with Crippen molar-refractivity contribution < 1.29 is 0 Å². The summed E-state index contributed by atoms with van der Waals surface area (Å²) in [6.07, 6.45) is 1.26. The Balaban J connectivity index is 2.72. The third-order valence-corrected chi connectivity index (χ3v) is 1.82. The zero-order valence-electron chi connectivity index (χ0n) is 5.85. The molecule has 47 valence electrons. The minimum Gasteiger partial charge on any atom is -0.342 e. The van der Waals surface area contributed by atoms with E-state index in [9.17, 15) is 0 Å². The van der Waals surface area contributed by atoms with Gasteiger partial charge in [0.05, 0.1) is 0 Å². The molecule has 0 N–H and O–H groups in total. The molecule has 0 amide bonds. The fourth-order valence-electron chi connectivity index (χ4n) is 0.320. The first-order valence-corrected chi connectivity index (χ1v) is 3.93. The van der Waals surface area contributed by atoms with Gasteiger partial charge in [-0.3, -0.25) is 0 Å².